The number of hydrogen-bond donors (Lipinski definition) is 2. The zero-order valence-corrected chi connectivity index (χ0v) is 11.0. The van der Waals surface area contributed by atoms with Crippen molar-refractivity contribution in [2.24, 2.45) is 0 Å². The molecule has 1 aromatic rings. The van der Waals surface area contributed by atoms with Crippen LogP contribution in [0.4, 0.5) is 0 Å². The Balaban J connectivity index is 2.32. The fraction of sp³-hybridized carbons (Fsp3) is 0.583. The van der Waals surface area contributed by atoms with Gasteiger partial charge in [0.1, 0.15) is 0 Å². The quantitative estimate of drug-likeness (QED) is 0.792. The van der Waals surface area contributed by atoms with Gasteiger partial charge in [0.2, 0.25) is 0 Å². The molecule has 3 nitrogen and oxygen atoms in total. The first-order chi connectivity index (χ1) is 7.53. The molecule has 0 aliphatic rings. The van der Waals surface area contributed by atoms with Crippen LogP contribution >= 0.6 is 11.8 Å². The Kier molecular flexibility index (Phi) is 5.25. The molecule has 1 unspecified atom stereocenters. The van der Waals surface area contributed by atoms with E-state index in [4.69, 9.17) is 0 Å². The summed E-state index contributed by atoms with van der Waals surface area (Å²) in [7, 11) is 0. The number of pyridine rings is 1. The first kappa shape index (κ1) is 13.5. The van der Waals surface area contributed by atoms with E-state index < -0.39 is 5.60 Å². The molecule has 0 saturated carbocycles. The minimum Gasteiger partial charge on any atom is -0.388 e. The number of rotatable bonds is 6. The maximum atomic E-state index is 9.94. The van der Waals surface area contributed by atoms with Gasteiger partial charge in [-0.1, -0.05) is 6.07 Å². The van der Waals surface area contributed by atoms with Crippen LogP contribution < -0.4 is 5.32 Å². The number of nitrogens with one attached hydrogen (secondary N) is 1. The van der Waals surface area contributed by atoms with Crippen LogP contribution in [0.1, 0.15) is 18.2 Å². The highest BCUT2D eigenvalue weighted by Gasteiger charge is 2.18. The van der Waals surface area contributed by atoms with Gasteiger partial charge >= 0.3 is 0 Å². The van der Waals surface area contributed by atoms with Gasteiger partial charge in [-0.3, -0.25) is 4.98 Å². The van der Waals surface area contributed by atoms with E-state index in [0.717, 1.165) is 23.6 Å². The predicted octanol–water partition coefficient (Wildman–Crippen LogP) is 1.59. The van der Waals surface area contributed by atoms with E-state index in [1.165, 1.54) is 0 Å². The fourth-order valence-corrected chi connectivity index (χ4v) is 2.17. The minimum atomic E-state index is -0.641. The van der Waals surface area contributed by atoms with Gasteiger partial charge in [0.05, 0.1) is 5.60 Å². The van der Waals surface area contributed by atoms with Crippen molar-refractivity contribution in [2.75, 3.05) is 18.6 Å². The van der Waals surface area contributed by atoms with Gasteiger partial charge in [-0.05, 0) is 31.7 Å². The van der Waals surface area contributed by atoms with Crippen molar-refractivity contribution in [1.29, 1.82) is 0 Å². The first-order valence-corrected chi connectivity index (χ1v) is 6.76. The fourth-order valence-electron chi connectivity index (χ4n) is 1.44. The molecule has 2 N–H and O–H groups in total. The summed E-state index contributed by atoms with van der Waals surface area (Å²) in [6.07, 6.45) is 3.87. The zero-order chi connectivity index (χ0) is 12.0. The van der Waals surface area contributed by atoms with Crippen molar-refractivity contribution >= 4 is 11.8 Å². The van der Waals surface area contributed by atoms with E-state index in [2.05, 4.69) is 16.4 Å². The van der Waals surface area contributed by atoms with Crippen LogP contribution in [-0.2, 0) is 6.54 Å². The molecular weight excluding hydrogens is 220 g/mol. The number of aliphatic hydroxyl groups is 1. The Morgan fingerprint density at radius 1 is 1.50 bits per heavy atom. The Bertz CT molecular complexity index is 311. The highest BCUT2D eigenvalue weighted by atomic mass is 32.2. The van der Waals surface area contributed by atoms with Crippen LogP contribution in [0.3, 0.4) is 0 Å². The van der Waals surface area contributed by atoms with Crippen LogP contribution in [-0.4, -0.2) is 34.2 Å². The lowest BCUT2D eigenvalue weighted by molar-refractivity contribution is 0.0846. The zero-order valence-electron chi connectivity index (χ0n) is 10.2. The van der Waals surface area contributed by atoms with Crippen LogP contribution in [0.25, 0.3) is 0 Å². The lowest BCUT2D eigenvalue weighted by Gasteiger charge is -2.22. The monoisotopic (exact) mass is 240 g/mol. The molecule has 1 heterocycles. The molecule has 0 saturated heterocycles. The summed E-state index contributed by atoms with van der Waals surface area (Å²) in [5, 5.41) is 13.2. The predicted molar refractivity (Wildman–Crippen MR) is 69.7 cm³/mol. The molecule has 0 amide bonds. The third-order valence-corrected chi connectivity index (χ3v) is 3.17. The van der Waals surface area contributed by atoms with Crippen LogP contribution in [0.15, 0.2) is 18.3 Å². The molecule has 0 aromatic carbocycles. The molecule has 0 spiro atoms. The normalized spacial score (nSPS) is 14.8. The summed E-state index contributed by atoms with van der Waals surface area (Å²) < 4.78 is 0. The molecule has 1 aromatic heterocycles. The third-order valence-electron chi connectivity index (χ3n) is 2.26. The molecule has 90 valence electrons. The summed E-state index contributed by atoms with van der Waals surface area (Å²) in [5.41, 5.74) is 1.53. The highest BCUT2D eigenvalue weighted by Crippen LogP contribution is 2.09. The molecule has 0 radical (unpaired) electrons. The molecule has 16 heavy (non-hydrogen) atoms. The van der Waals surface area contributed by atoms with Crippen molar-refractivity contribution in [3.63, 3.8) is 0 Å². The maximum absolute atomic E-state index is 9.94. The van der Waals surface area contributed by atoms with E-state index in [9.17, 15) is 5.11 Å². The van der Waals surface area contributed by atoms with Crippen LogP contribution in [0.5, 0.6) is 0 Å². The van der Waals surface area contributed by atoms with E-state index in [1.807, 2.05) is 32.4 Å². The van der Waals surface area contributed by atoms with Crippen LogP contribution in [0, 0.1) is 6.92 Å². The summed E-state index contributed by atoms with van der Waals surface area (Å²) >= 11 is 1.65. The van der Waals surface area contributed by atoms with Gasteiger partial charge in [-0.2, -0.15) is 11.8 Å². The second-order valence-corrected chi connectivity index (χ2v) is 5.21. The summed E-state index contributed by atoms with van der Waals surface area (Å²) in [4.78, 5) is 4.22. The second kappa shape index (κ2) is 6.23. The van der Waals surface area contributed by atoms with Gasteiger partial charge in [-0.15, -0.1) is 0 Å². The second-order valence-electron chi connectivity index (χ2n) is 4.34. The van der Waals surface area contributed by atoms with Gasteiger partial charge in [0.25, 0.3) is 0 Å². The topological polar surface area (TPSA) is 45.1 Å². The van der Waals surface area contributed by atoms with Gasteiger partial charge in [-0.25, -0.2) is 0 Å². The summed E-state index contributed by atoms with van der Waals surface area (Å²) in [6, 6.07) is 4.05. The first-order valence-electron chi connectivity index (χ1n) is 5.37. The van der Waals surface area contributed by atoms with E-state index in [1.54, 1.807) is 11.8 Å². The molecule has 1 rings (SSSR count). The molecular formula is C12H20N2OS. The summed E-state index contributed by atoms with van der Waals surface area (Å²) in [5.74, 6) is 0.742. The Morgan fingerprint density at radius 3 is 2.81 bits per heavy atom. The number of hydrogen-bond acceptors (Lipinski definition) is 4. The highest BCUT2D eigenvalue weighted by molar-refractivity contribution is 7.98. The standard InChI is InChI=1S/C12H20N2OS/c1-10-4-5-11(7-14-10)6-13-8-12(2,15)9-16-3/h4-5,7,13,15H,6,8-9H2,1-3H3. The molecule has 0 aliphatic heterocycles. The number of aromatic nitrogens is 1. The van der Waals surface area contributed by atoms with Gasteiger partial charge in [0, 0.05) is 30.7 Å². The average molecular weight is 240 g/mol. The van der Waals surface area contributed by atoms with Crippen molar-refractivity contribution in [3.05, 3.63) is 29.6 Å². The minimum absolute atomic E-state index is 0.599. The Hall–Kier alpha value is -0.580. The summed E-state index contributed by atoms with van der Waals surface area (Å²) in [6.45, 7) is 5.17. The van der Waals surface area contributed by atoms with Gasteiger partial charge < -0.3 is 10.4 Å². The van der Waals surface area contributed by atoms with E-state index >= 15 is 0 Å². The lowest BCUT2D eigenvalue weighted by Crippen LogP contribution is -2.39. The molecule has 0 aliphatic carbocycles. The van der Waals surface area contributed by atoms with Crippen molar-refractivity contribution in [1.82, 2.24) is 10.3 Å². The Labute approximate surface area is 102 Å². The van der Waals surface area contributed by atoms with Crippen molar-refractivity contribution < 1.29 is 5.11 Å². The van der Waals surface area contributed by atoms with Crippen LogP contribution in [0.2, 0.25) is 0 Å². The molecule has 0 bridgehead atoms. The van der Waals surface area contributed by atoms with E-state index in [-0.39, 0.29) is 0 Å². The SMILES string of the molecule is CSCC(C)(O)CNCc1ccc(C)nc1. The van der Waals surface area contributed by atoms with E-state index in [0.29, 0.717) is 6.54 Å². The third kappa shape index (κ3) is 4.96. The largest absolute Gasteiger partial charge is 0.388 e. The maximum Gasteiger partial charge on any atom is 0.0833 e. The number of aryl methyl sites for hydroxylation is 1. The lowest BCUT2D eigenvalue weighted by atomic mass is 10.1. The molecule has 4 heteroatoms. The number of nitrogens with zero attached hydrogens (tertiary/aromatic N) is 1. The molecule has 0 fully saturated rings. The molecule has 1 atom stereocenters. The van der Waals surface area contributed by atoms with Gasteiger partial charge in [0.15, 0.2) is 0 Å². The smallest absolute Gasteiger partial charge is 0.0833 e. The number of thioether (sulfide) groups is 1. The van der Waals surface area contributed by atoms with Crippen molar-refractivity contribution in [3.8, 4) is 0 Å². The van der Waals surface area contributed by atoms with Crippen molar-refractivity contribution in [2.45, 2.75) is 26.0 Å². The average Bonchev–Trinajstić information content (AvgIpc) is 2.20. The Morgan fingerprint density at radius 2 is 2.25 bits per heavy atom.